The zero-order valence-electron chi connectivity index (χ0n) is 6.59. The molecule has 5 nitrogen and oxygen atoms in total. The van der Waals surface area contributed by atoms with E-state index in [4.69, 9.17) is 5.73 Å². The van der Waals surface area contributed by atoms with E-state index in [2.05, 4.69) is 10.1 Å². The van der Waals surface area contributed by atoms with Crippen LogP contribution in [0.15, 0.2) is 0 Å². The van der Waals surface area contributed by atoms with Crippen molar-refractivity contribution in [3.63, 3.8) is 0 Å². The highest BCUT2D eigenvalue weighted by molar-refractivity contribution is 6.32. The van der Waals surface area contributed by atoms with E-state index in [-0.39, 0.29) is 12.6 Å². The minimum atomic E-state index is -0.898. The first-order chi connectivity index (χ1) is 5.07. The molecule has 11 heavy (non-hydrogen) atoms. The summed E-state index contributed by atoms with van der Waals surface area (Å²) in [6, 6.07) is -0.163. The lowest BCUT2D eigenvalue weighted by atomic mass is 10.3. The van der Waals surface area contributed by atoms with Crippen molar-refractivity contribution in [1.82, 2.24) is 5.32 Å². The van der Waals surface area contributed by atoms with Crippen molar-refractivity contribution in [1.29, 1.82) is 0 Å². The minimum absolute atomic E-state index is 0.163. The fraction of sp³-hybridized carbons (Fsp3) is 0.667. The van der Waals surface area contributed by atoms with Gasteiger partial charge in [0.15, 0.2) is 0 Å². The Morgan fingerprint density at radius 1 is 1.64 bits per heavy atom. The quantitative estimate of drug-likeness (QED) is 0.385. The lowest BCUT2D eigenvalue weighted by molar-refractivity contribution is -0.152. The monoisotopic (exact) mass is 160 g/mol. The minimum Gasteiger partial charge on any atom is -0.462 e. The highest BCUT2D eigenvalue weighted by Crippen LogP contribution is 1.75. The molecule has 0 aliphatic carbocycles. The second-order valence-corrected chi connectivity index (χ2v) is 2.18. The normalized spacial score (nSPS) is 11.9. The Balaban J connectivity index is 3.61. The van der Waals surface area contributed by atoms with Crippen molar-refractivity contribution in [2.24, 2.45) is 5.73 Å². The van der Waals surface area contributed by atoms with Crippen LogP contribution >= 0.6 is 0 Å². The molecule has 0 heterocycles. The fourth-order valence-electron chi connectivity index (χ4n) is 0.419. The van der Waals surface area contributed by atoms with Gasteiger partial charge >= 0.3 is 11.9 Å². The van der Waals surface area contributed by atoms with Crippen LogP contribution in [0.2, 0.25) is 0 Å². The summed E-state index contributed by atoms with van der Waals surface area (Å²) >= 11 is 0. The van der Waals surface area contributed by atoms with Crippen LogP contribution in [0, 0.1) is 0 Å². The Bertz CT molecular complexity index is 156. The molecule has 0 aromatic rings. The molecule has 1 atom stereocenters. The predicted molar refractivity (Wildman–Crippen MR) is 38.7 cm³/mol. The van der Waals surface area contributed by atoms with Gasteiger partial charge < -0.3 is 15.8 Å². The van der Waals surface area contributed by atoms with Crippen LogP contribution in [0.25, 0.3) is 0 Å². The van der Waals surface area contributed by atoms with Crippen LogP contribution in [0.3, 0.4) is 0 Å². The summed E-state index contributed by atoms with van der Waals surface area (Å²) in [5.74, 6) is -1.66. The maximum Gasteiger partial charge on any atom is 0.396 e. The van der Waals surface area contributed by atoms with E-state index in [0.717, 1.165) is 7.11 Å². The number of nitrogens with two attached hydrogens (primary N) is 1. The molecule has 0 saturated heterocycles. The number of ether oxygens (including phenoxy) is 1. The first kappa shape index (κ1) is 9.90. The van der Waals surface area contributed by atoms with E-state index in [9.17, 15) is 9.59 Å². The molecule has 3 N–H and O–H groups in total. The molecule has 0 aliphatic heterocycles. The van der Waals surface area contributed by atoms with Gasteiger partial charge in [-0.15, -0.1) is 0 Å². The second-order valence-electron chi connectivity index (χ2n) is 2.18. The second kappa shape index (κ2) is 4.68. The molecule has 0 bridgehead atoms. The van der Waals surface area contributed by atoms with E-state index < -0.39 is 11.9 Å². The molecule has 0 saturated carbocycles. The largest absolute Gasteiger partial charge is 0.462 e. The van der Waals surface area contributed by atoms with Crippen LogP contribution in [0.5, 0.6) is 0 Å². The van der Waals surface area contributed by atoms with Gasteiger partial charge in [0.2, 0.25) is 0 Å². The summed E-state index contributed by atoms with van der Waals surface area (Å²) in [6.07, 6.45) is 0. The van der Waals surface area contributed by atoms with E-state index in [1.807, 2.05) is 0 Å². The number of hydrogen-bond acceptors (Lipinski definition) is 4. The van der Waals surface area contributed by atoms with E-state index in [0.29, 0.717) is 0 Å². The zero-order chi connectivity index (χ0) is 8.85. The Kier molecular flexibility index (Phi) is 4.21. The van der Waals surface area contributed by atoms with Crippen molar-refractivity contribution in [3.8, 4) is 0 Å². The standard InChI is InChI=1S/C6H12N2O3/c1-4(7)3-8-5(9)6(10)11-2/h4H,3,7H2,1-2H3,(H,8,9). The summed E-state index contributed by atoms with van der Waals surface area (Å²) in [4.78, 5) is 21.1. The van der Waals surface area contributed by atoms with Crippen molar-refractivity contribution in [2.45, 2.75) is 13.0 Å². The van der Waals surface area contributed by atoms with Crippen molar-refractivity contribution < 1.29 is 14.3 Å². The summed E-state index contributed by atoms with van der Waals surface area (Å²) in [5.41, 5.74) is 5.32. The highest BCUT2D eigenvalue weighted by atomic mass is 16.5. The summed E-state index contributed by atoms with van der Waals surface area (Å²) < 4.78 is 4.15. The van der Waals surface area contributed by atoms with Crippen LogP contribution < -0.4 is 11.1 Å². The number of carbonyl (C=O) groups is 2. The first-order valence-electron chi connectivity index (χ1n) is 3.19. The molecular weight excluding hydrogens is 148 g/mol. The summed E-state index contributed by atoms with van der Waals surface area (Å²) in [6.45, 7) is 1.99. The van der Waals surface area contributed by atoms with Gasteiger partial charge in [0.25, 0.3) is 0 Å². The summed E-state index contributed by atoms with van der Waals surface area (Å²) in [7, 11) is 1.15. The van der Waals surface area contributed by atoms with Gasteiger partial charge in [-0.2, -0.15) is 0 Å². The molecule has 0 aromatic heterocycles. The van der Waals surface area contributed by atoms with E-state index in [1.165, 1.54) is 0 Å². The average Bonchev–Trinajstić information content (AvgIpc) is 1.98. The molecule has 0 aliphatic rings. The van der Waals surface area contributed by atoms with Gasteiger partial charge in [-0.05, 0) is 6.92 Å². The third-order valence-corrected chi connectivity index (χ3v) is 0.955. The van der Waals surface area contributed by atoms with Gasteiger partial charge in [0.05, 0.1) is 7.11 Å². The molecule has 1 unspecified atom stereocenters. The predicted octanol–water partition coefficient (Wildman–Crippen LogP) is -1.38. The molecule has 64 valence electrons. The average molecular weight is 160 g/mol. The van der Waals surface area contributed by atoms with Crippen molar-refractivity contribution in [3.05, 3.63) is 0 Å². The first-order valence-corrected chi connectivity index (χ1v) is 3.19. The Morgan fingerprint density at radius 2 is 2.18 bits per heavy atom. The molecule has 0 rings (SSSR count). The van der Waals surface area contributed by atoms with Crippen LogP contribution in [0.4, 0.5) is 0 Å². The lowest BCUT2D eigenvalue weighted by Gasteiger charge is -2.05. The molecule has 0 fully saturated rings. The Labute approximate surface area is 64.9 Å². The third kappa shape index (κ3) is 4.32. The van der Waals surface area contributed by atoms with Gasteiger partial charge in [-0.3, -0.25) is 4.79 Å². The number of esters is 1. The molecule has 0 aromatic carbocycles. The van der Waals surface area contributed by atoms with Crippen LogP contribution in [0.1, 0.15) is 6.92 Å². The topological polar surface area (TPSA) is 81.4 Å². The van der Waals surface area contributed by atoms with Crippen molar-refractivity contribution >= 4 is 11.9 Å². The SMILES string of the molecule is COC(=O)C(=O)NCC(C)N. The molecule has 0 radical (unpaired) electrons. The number of carbonyl (C=O) groups excluding carboxylic acids is 2. The number of nitrogens with one attached hydrogen (secondary N) is 1. The fourth-order valence-corrected chi connectivity index (χ4v) is 0.419. The molecule has 1 amide bonds. The molecule has 0 spiro atoms. The van der Waals surface area contributed by atoms with Gasteiger partial charge in [0.1, 0.15) is 0 Å². The van der Waals surface area contributed by atoms with E-state index >= 15 is 0 Å². The third-order valence-electron chi connectivity index (χ3n) is 0.955. The number of methoxy groups -OCH3 is 1. The van der Waals surface area contributed by atoms with Gasteiger partial charge in [-0.25, -0.2) is 4.79 Å². The Morgan fingerprint density at radius 3 is 2.55 bits per heavy atom. The van der Waals surface area contributed by atoms with Crippen LogP contribution in [-0.2, 0) is 14.3 Å². The highest BCUT2D eigenvalue weighted by Gasteiger charge is 2.12. The summed E-state index contributed by atoms with van der Waals surface area (Å²) in [5, 5.41) is 2.29. The zero-order valence-corrected chi connectivity index (χ0v) is 6.59. The number of hydrogen-bond donors (Lipinski definition) is 2. The number of amides is 1. The maximum absolute atomic E-state index is 10.6. The maximum atomic E-state index is 10.6. The van der Waals surface area contributed by atoms with Crippen molar-refractivity contribution in [2.75, 3.05) is 13.7 Å². The molecular formula is C6H12N2O3. The Hall–Kier alpha value is -1.10. The smallest absolute Gasteiger partial charge is 0.396 e. The number of rotatable bonds is 2. The van der Waals surface area contributed by atoms with Gasteiger partial charge in [-0.1, -0.05) is 0 Å². The van der Waals surface area contributed by atoms with Gasteiger partial charge in [0, 0.05) is 12.6 Å². The molecule has 5 heteroatoms. The van der Waals surface area contributed by atoms with E-state index in [1.54, 1.807) is 6.92 Å². The lowest BCUT2D eigenvalue weighted by Crippen LogP contribution is -2.39. The van der Waals surface area contributed by atoms with Crippen LogP contribution in [-0.4, -0.2) is 31.6 Å².